The smallest absolute Gasteiger partial charge is 0.333 e. The van der Waals surface area contributed by atoms with Gasteiger partial charge in [-0.25, -0.2) is 9.59 Å². The van der Waals surface area contributed by atoms with E-state index in [2.05, 4.69) is 0 Å². The summed E-state index contributed by atoms with van der Waals surface area (Å²) >= 11 is 0. The molecule has 0 spiro atoms. The SMILES string of the molecule is CC1=C(C(=O)O)CC(C(=O)O)=C(C)N1c1cccc([N+](=O)[O-])c1. The van der Waals surface area contributed by atoms with Crippen molar-refractivity contribution in [2.45, 2.75) is 20.3 Å². The van der Waals surface area contributed by atoms with Crippen molar-refractivity contribution in [3.8, 4) is 0 Å². The van der Waals surface area contributed by atoms with Crippen LogP contribution in [0, 0.1) is 10.1 Å². The molecule has 1 aromatic carbocycles. The van der Waals surface area contributed by atoms with Crippen LogP contribution in [0.25, 0.3) is 0 Å². The molecular weight excluding hydrogens is 304 g/mol. The number of nitro benzene ring substituents is 1. The Labute approximate surface area is 131 Å². The highest BCUT2D eigenvalue weighted by Crippen LogP contribution is 2.36. The fourth-order valence-corrected chi connectivity index (χ4v) is 2.55. The van der Waals surface area contributed by atoms with Crippen LogP contribution in [0.5, 0.6) is 0 Å². The number of non-ortho nitro benzene ring substituents is 1. The van der Waals surface area contributed by atoms with E-state index in [1.165, 1.54) is 23.1 Å². The van der Waals surface area contributed by atoms with E-state index in [4.69, 9.17) is 0 Å². The van der Waals surface area contributed by atoms with Gasteiger partial charge in [0.15, 0.2) is 0 Å². The Morgan fingerprint density at radius 3 is 2.09 bits per heavy atom. The van der Waals surface area contributed by atoms with Gasteiger partial charge in [0.05, 0.1) is 21.8 Å². The summed E-state index contributed by atoms with van der Waals surface area (Å²) in [6.45, 7) is 3.09. The van der Waals surface area contributed by atoms with Gasteiger partial charge in [0.2, 0.25) is 0 Å². The molecule has 0 aromatic heterocycles. The molecule has 1 aromatic rings. The molecule has 0 saturated heterocycles. The molecule has 0 amide bonds. The molecule has 23 heavy (non-hydrogen) atoms. The zero-order valence-electron chi connectivity index (χ0n) is 12.4. The van der Waals surface area contributed by atoms with Gasteiger partial charge in [-0.15, -0.1) is 0 Å². The van der Waals surface area contributed by atoms with Gasteiger partial charge in [0.25, 0.3) is 5.69 Å². The predicted octanol–water partition coefficient (Wildman–Crippen LogP) is 2.52. The Morgan fingerprint density at radius 2 is 1.65 bits per heavy atom. The van der Waals surface area contributed by atoms with Crippen molar-refractivity contribution in [3.63, 3.8) is 0 Å². The number of nitro groups is 1. The molecule has 1 aliphatic rings. The Bertz CT molecular complexity index is 742. The van der Waals surface area contributed by atoms with Gasteiger partial charge in [-0.2, -0.15) is 0 Å². The highest BCUT2D eigenvalue weighted by molar-refractivity contribution is 5.97. The predicted molar refractivity (Wildman–Crippen MR) is 80.9 cm³/mol. The number of nitrogens with zero attached hydrogens (tertiary/aromatic N) is 2. The van der Waals surface area contributed by atoms with E-state index in [9.17, 15) is 29.9 Å². The van der Waals surface area contributed by atoms with Crippen molar-refractivity contribution in [2.24, 2.45) is 0 Å². The van der Waals surface area contributed by atoms with E-state index in [1.807, 2.05) is 0 Å². The van der Waals surface area contributed by atoms with E-state index >= 15 is 0 Å². The van der Waals surface area contributed by atoms with Gasteiger partial charge in [0.1, 0.15) is 0 Å². The quantitative estimate of drug-likeness (QED) is 0.646. The summed E-state index contributed by atoms with van der Waals surface area (Å²) in [5.74, 6) is -2.44. The van der Waals surface area contributed by atoms with Crippen LogP contribution < -0.4 is 4.90 Å². The maximum absolute atomic E-state index is 11.4. The van der Waals surface area contributed by atoms with Crippen molar-refractivity contribution in [1.29, 1.82) is 0 Å². The second-order valence-electron chi connectivity index (χ2n) is 5.03. The summed E-state index contributed by atoms with van der Waals surface area (Å²) in [6, 6.07) is 5.60. The number of aliphatic carboxylic acids is 2. The molecule has 0 atom stereocenters. The molecule has 1 heterocycles. The number of hydrogen-bond acceptors (Lipinski definition) is 5. The summed E-state index contributed by atoms with van der Waals surface area (Å²) in [7, 11) is 0. The average Bonchev–Trinajstić information content (AvgIpc) is 2.46. The fraction of sp³-hybridized carbons (Fsp3) is 0.200. The molecule has 8 nitrogen and oxygen atoms in total. The van der Waals surface area contributed by atoms with Crippen LogP contribution in [0.1, 0.15) is 20.3 Å². The average molecular weight is 318 g/mol. The monoisotopic (exact) mass is 318 g/mol. The van der Waals surface area contributed by atoms with Gasteiger partial charge >= 0.3 is 11.9 Å². The summed E-state index contributed by atoms with van der Waals surface area (Å²) < 4.78 is 0. The highest BCUT2D eigenvalue weighted by atomic mass is 16.6. The van der Waals surface area contributed by atoms with E-state index in [-0.39, 0.29) is 23.3 Å². The third-order valence-corrected chi connectivity index (χ3v) is 3.71. The molecule has 0 bridgehead atoms. The fourth-order valence-electron chi connectivity index (χ4n) is 2.55. The van der Waals surface area contributed by atoms with Crippen LogP contribution in [0.4, 0.5) is 11.4 Å². The van der Waals surface area contributed by atoms with E-state index in [0.29, 0.717) is 17.1 Å². The number of anilines is 1. The lowest BCUT2D eigenvalue weighted by molar-refractivity contribution is -0.384. The van der Waals surface area contributed by atoms with Gasteiger partial charge in [-0.05, 0) is 19.9 Å². The molecule has 120 valence electrons. The molecule has 0 radical (unpaired) electrons. The number of carbonyl (C=O) groups is 2. The van der Waals surface area contributed by atoms with Gasteiger partial charge in [-0.3, -0.25) is 10.1 Å². The number of allylic oxidation sites excluding steroid dienone is 2. The largest absolute Gasteiger partial charge is 0.478 e. The molecular formula is C15H14N2O6. The first-order chi connectivity index (χ1) is 10.7. The minimum atomic E-state index is -1.22. The molecule has 2 N–H and O–H groups in total. The maximum atomic E-state index is 11.4. The topological polar surface area (TPSA) is 121 Å². The lowest BCUT2D eigenvalue weighted by Crippen LogP contribution is -2.29. The molecule has 0 aliphatic carbocycles. The van der Waals surface area contributed by atoms with Crippen LogP contribution in [0.15, 0.2) is 46.8 Å². The lowest BCUT2D eigenvalue weighted by atomic mass is 9.96. The second kappa shape index (κ2) is 5.91. The first-order valence-corrected chi connectivity index (χ1v) is 6.64. The van der Waals surface area contributed by atoms with Crippen molar-refractivity contribution in [2.75, 3.05) is 4.90 Å². The van der Waals surface area contributed by atoms with Crippen molar-refractivity contribution in [1.82, 2.24) is 0 Å². The molecule has 0 unspecified atom stereocenters. The Kier molecular flexibility index (Phi) is 4.17. The zero-order valence-corrected chi connectivity index (χ0v) is 12.4. The Balaban J connectivity index is 2.66. The minimum Gasteiger partial charge on any atom is -0.478 e. The molecule has 0 saturated carbocycles. The van der Waals surface area contributed by atoms with Crippen LogP contribution in [-0.4, -0.2) is 27.1 Å². The van der Waals surface area contributed by atoms with Crippen molar-refractivity contribution < 1.29 is 24.7 Å². The van der Waals surface area contributed by atoms with E-state index in [1.54, 1.807) is 19.9 Å². The number of benzene rings is 1. The first kappa shape index (κ1) is 16.2. The molecule has 0 fully saturated rings. The number of hydrogen-bond donors (Lipinski definition) is 2. The van der Waals surface area contributed by atoms with Gasteiger partial charge in [0, 0.05) is 29.9 Å². The van der Waals surface area contributed by atoms with Crippen LogP contribution in [0.2, 0.25) is 0 Å². The lowest BCUT2D eigenvalue weighted by Gasteiger charge is -2.32. The maximum Gasteiger partial charge on any atom is 0.333 e. The van der Waals surface area contributed by atoms with Crippen LogP contribution in [-0.2, 0) is 9.59 Å². The molecule has 2 rings (SSSR count). The second-order valence-corrected chi connectivity index (χ2v) is 5.03. The standard InChI is InChI=1S/C15H14N2O6/c1-8-12(14(18)19)7-13(15(20)21)9(2)16(8)10-4-3-5-11(6-10)17(22)23/h3-6H,7H2,1-2H3,(H,18,19)(H,20,21). The Hall–Kier alpha value is -3.16. The third-order valence-electron chi connectivity index (χ3n) is 3.71. The third kappa shape index (κ3) is 2.91. The first-order valence-electron chi connectivity index (χ1n) is 6.64. The van der Waals surface area contributed by atoms with Crippen molar-refractivity contribution >= 4 is 23.3 Å². The summed E-state index contributed by atoms with van der Waals surface area (Å²) in [5.41, 5.74) is 0.730. The van der Waals surface area contributed by atoms with E-state index < -0.39 is 16.9 Å². The highest BCUT2D eigenvalue weighted by Gasteiger charge is 2.30. The van der Waals surface area contributed by atoms with Crippen LogP contribution >= 0.6 is 0 Å². The molecule has 1 aliphatic heterocycles. The molecule has 8 heteroatoms. The normalized spacial score (nSPS) is 15.0. The zero-order chi connectivity index (χ0) is 17.3. The summed E-state index contributed by atoms with van der Waals surface area (Å²) in [5, 5.41) is 29.5. The minimum absolute atomic E-state index is 0.0560. The summed E-state index contributed by atoms with van der Waals surface area (Å²) in [4.78, 5) is 34.5. The van der Waals surface area contributed by atoms with E-state index in [0.717, 1.165) is 0 Å². The van der Waals surface area contributed by atoms with Crippen molar-refractivity contribution in [3.05, 3.63) is 56.9 Å². The number of carboxylic acid groups (broad SMARTS) is 2. The number of rotatable bonds is 4. The Morgan fingerprint density at radius 1 is 1.13 bits per heavy atom. The van der Waals surface area contributed by atoms with Crippen LogP contribution in [0.3, 0.4) is 0 Å². The number of carboxylic acids is 2. The van der Waals surface area contributed by atoms with Gasteiger partial charge in [-0.1, -0.05) is 6.07 Å². The van der Waals surface area contributed by atoms with Gasteiger partial charge < -0.3 is 15.1 Å². The summed E-state index contributed by atoms with van der Waals surface area (Å²) in [6.07, 6.45) is -0.201.